The smallest absolute Gasteiger partial charge is 0.240 e. The number of aryl methyl sites for hydroxylation is 1. The molecule has 6 nitrogen and oxygen atoms in total. The summed E-state index contributed by atoms with van der Waals surface area (Å²) in [5.41, 5.74) is 4.46. The maximum atomic E-state index is 5.55. The van der Waals surface area contributed by atoms with E-state index in [1.807, 2.05) is 38.2 Å². The summed E-state index contributed by atoms with van der Waals surface area (Å²) in [6.45, 7) is 5.85. The van der Waals surface area contributed by atoms with E-state index in [0.717, 1.165) is 35.8 Å². The van der Waals surface area contributed by atoms with Gasteiger partial charge < -0.3 is 9.84 Å². The summed E-state index contributed by atoms with van der Waals surface area (Å²) in [7, 11) is 0. The lowest BCUT2D eigenvalue weighted by Gasteiger charge is -2.19. The fourth-order valence-corrected chi connectivity index (χ4v) is 3.86. The first-order chi connectivity index (χ1) is 12.2. The Labute approximate surface area is 150 Å². The van der Waals surface area contributed by atoms with Crippen LogP contribution in [0.2, 0.25) is 0 Å². The quantitative estimate of drug-likeness (QED) is 0.721. The van der Waals surface area contributed by atoms with Crippen LogP contribution < -0.4 is 5.32 Å². The minimum atomic E-state index is 0.0330. The first kappa shape index (κ1) is 16.2. The van der Waals surface area contributed by atoms with E-state index >= 15 is 0 Å². The van der Waals surface area contributed by atoms with Gasteiger partial charge in [0.15, 0.2) is 0 Å². The molecule has 0 aromatic carbocycles. The van der Waals surface area contributed by atoms with Crippen molar-refractivity contribution in [3.63, 3.8) is 0 Å². The molecule has 0 radical (unpaired) electrons. The fourth-order valence-electron chi connectivity index (χ4n) is 3.02. The van der Waals surface area contributed by atoms with E-state index in [2.05, 4.69) is 25.4 Å². The van der Waals surface area contributed by atoms with Gasteiger partial charge in [0.25, 0.3) is 0 Å². The molecule has 128 valence electrons. The van der Waals surface area contributed by atoms with Crippen LogP contribution in [-0.4, -0.2) is 26.7 Å². The van der Waals surface area contributed by atoms with Gasteiger partial charge in [-0.2, -0.15) is 4.98 Å². The lowest BCUT2D eigenvalue weighted by Crippen LogP contribution is -2.24. The maximum absolute atomic E-state index is 5.55. The van der Waals surface area contributed by atoms with Crippen molar-refractivity contribution in [3.8, 4) is 11.4 Å². The maximum Gasteiger partial charge on any atom is 0.240 e. The second-order valence-electron chi connectivity index (χ2n) is 6.03. The highest BCUT2D eigenvalue weighted by molar-refractivity contribution is 7.99. The second kappa shape index (κ2) is 6.93. The van der Waals surface area contributed by atoms with E-state index in [9.17, 15) is 0 Å². The number of nitrogens with one attached hydrogen (secondary N) is 1. The van der Waals surface area contributed by atoms with Gasteiger partial charge in [-0.3, -0.25) is 4.98 Å². The van der Waals surface area contributed by atoms with Gasteiger partial charge in [-0.25, -0.2) is 4.98 Å². The Morgan fingerprint density at radius 2 is 2.20 bits per heavy atom. The summed E-state index contributed by atoms with van der Waals surface area (Å²) >= 11 is 1.61. The number of thioether (sulfide) groups is 1. The molecular weight excluding hydrogens is 334 g/mol. The molecule has 4 heterocycles. The molecule has 1 unspecified atom stereocenters. The molecule has 3 aromatic heterocycles. The number of nitrogens with zero attached hydrogens (tertiary/aromatic N) is 4. The standard InChI is InChI=1S/C18H19N5OS/c1-11-16(14-6-8-19-9-13(14)10-21-11)17-22-18(24-23-17)12(2)25-15-5-3-4-7-20-15/h3-5,7,10,12,19H,6,8-9H2,1-2H3. The van der Waals surface area contributed by atoms with Gasteiger partial charge >= 0.3 is 0 Å². The van der Waals surface area contributed by atoms with Crippen molar-refractivity contribution in [1.29, 1.82) is 0 Å². The Morgan fingerprint density at radius 3 is 3.04 bits per heavy atom. The van der Waals surface area contributed by atoms with Crippen LogP contribution in [-0.2, 0) is 13.0 Å². The number of fused-ring (bicyclic) bond motifs is 1. The van der Waals surface area contributed by atoms with Gasteiger partial charge in [-0.05, 0) is 50.1 Å². The molecule has 0 spiro atoms. The van der Waals surface area contributed by atoms with Crippen LogP contribution in [0, 0.1) is 6.92 Å². The Hall–Kier alpha value is -2.25. The molecule has 7 heteroatoms. The largest absolute Gasteiger partial charge is 0.338 e. The number of hydrogen-bond donors (Lipinski definition) is 1. The van der Waals surface area contributed by atoms with Crippen LogP contribution >= 0.6 is 11.8 Å². The van der Waals surface area contributed by atoms with E-state index in [1.54, 1.807) is 18.0 Å². The lowest BCUT2D eigenvalue weighted by molar-refractivity contribution is 0.380. The summed E-state index contributed by atoms with van der Waals surface area (Å²) in [5.74, 6) is 1.24. The summed E-state index contributed by atoms with van der Waals surface area (Å²) in [4.78, 5) is 13.5. The zero-order valence-corrected chi connectivity index (χ0v) is 15.0. The van der Waals surface area contributed by atoms with E-state index in [1.165, 1.54) is 11.1 Å². The van der Waals surface area contributed by atoms with Gasteiger partial charge in [-0.15, -0.1) is 0 Å². The number of hydrogen-bond acceptors (Lipinski definition) is 7. The molecule has 0 saturated carbocycles. The SMILES string of the molecule is Cc1ncc2c(c1-c1noc(C(C)Sc3ccccn3)n1)CCNC2. The monoisotopic (exact) mass is 353 g/mol. The average molecular weight is 353 g/mol. The highest BCUT2D eigenvalue weighted by atomic mass is 32.2. The molecule has 0 bridgehead atoms. The van der Waals surface area contributed by atoms with Crippen LogP contribution in [0.4, 0.5) is 0 Å². The third kappa shape index (κ3) is 3.29. The van der Waals surface area contributed by atoms with Crippen LogP contribution in [0.5, 0.6) is 0 Å². The molecule has 0 fully saturated rings. The molecule has 4 rings (SSSR count). The number of aromatic nitrogens is 4. The molecule has 1 N–H and O–H groups in total. The van der Waals surface area contributed by atoms with E-state index in [0.29, 0.717) is 11.7 Å². The molecule has 1 aliphatic rings. The molecular formula is C18H19N5OS. The first-order valence-corrected chi connectivity index (χ1v) is 9.20. The summed E-state index contributed by atoms with van der Waals surface area (Å²) in [5, 5.41) is 8.59. The molecule has 0 saturated heterocycles. The van der Waals surface area contributed by atoms with Crippen LogP contribution in [0.3, 0.4) is 0 Å². The number of rotatable bonds is 4. The van der Waals surface area contributed by atoms with Crippen molar-refractivity contribution in [2.45, 2.75) is 37.1 Å². The molecule has 3 aromatic rings. The summed E-state index contributed by atoms with van der Waals surface area (Å²) < 4.78 is 5.55. The summed E-state index contributed by atoms with van der Waals surface area (Å²) in [6, 6.07) is 5.86. The van der Waals surface area contributed by atoms with Crippen molar-refractivity contribution in [2.75, 3.05) is 6.54 Å². The van der Waals surface area contributed by atoms with Crippen molar-refractivity contribution in [3.05, 3.63) is 53.3 Å². The first-order valence-electron chi connectivity index (χ1n) is 8.32. The van der Waals surface area contributed by atoms with Crippen LogP contribution in [0.1, 0.15) is 34.9 Å². The molecule has 25 heavy (non-hydrogen) atoms. The topological polar surface area (TPSA) is 76.7 Å². The third-order valence-corrected chi connectivity index (χ3v) is 5.32. The Morgan fingerprint density at radius 1 is 1.28 bits per heavy atom. The molecule has 0 aliphatic carbocycles. The van der Waals surface area contributed by atoms with E-state index in [4.69, 9.17) is 4.52 Å². The molecule has 1 atom stereocenters. The zero-order valence-electron chi connectivity index (χ0n) is 14.2. The average Bonchev–Trinajstić information content (AvgIpc) is 3.12. The van der Waals surface area contributed by atoms with Crippen LogP contribution in [0.15, 0.2) is 40.1 Å². The normalized spacial score (nSPS) is 15.0. The van der Waals surface area contributed by atoms with Gasteiger partial charge in [-0.1, -0.05) is 23.0 Å². The predicted octanol–water partition coefficient (Wildman–Crippen LogP) is 3.33. The van der Waals surface area contributed by atoms with Gasteiger partial charge in [0, 0.05) is 30.2 Å². The minimum Gasteiger partial charge on any atom is -0.338 e. The van der Waals surface area contributed by atoms with Gasteiger partial charge in [0.1, 0.15) is 0 Å². The van der Waals surface area contributed by atoms with Gasteiger partial charge in [0.05, 0.1) is 10.3 Å². The Balaban J connectivity index is 1.64. The second-order valence-corrected chi connectivity index (χ2v) is 7.39. The molecule has 1 aliphatic heterocycles. The lowest BCUT2D eigenvalue weighted by atomic mass is 9.95. The van der Waals surface area contributed by atoms with Gasteiger partial charge in [0.2, 0.25) is 11.7 Å². The Kier molecular flexibility index (Phi) is 4.50. The third-order valence-electron chi connectivity index (χ3n) is 4.28. The number of pyridine rings is 2. The van der Waals surface area contributed by atoms with Crippen molar-refractivity contribution in [1.82, 2.24) is 25.4 Å². The van der Waals surface area contributed by atoms with Crippen molar-refractivity contribution in [2.24, 2.45) is 0 Å². The van der Waals surface area contributed by atoms with E-state index < -0.39 is 0 Å². The Bertz CT molecular complexity index is 880. The van der Waals surface area contributed by atoms with Crippen molar-refractivity contribution >= 4 is 11.8 Å². The molecule has 0 amide bonds. The summed E-state index contributed by atoms with van der Waals surface area (Å²) in [6.07, 6.45) is 4.69. The fraction of sp³-hybridized carbons (Fsp3) is 0.333. The minimum absolute atomic E-state index is 0.0330. The van der Waals surface area contributed by atoms with Crippen LogP contribution in [0.25, 0.3) is 11.4 Å². The highest BCUT2D eigenvalue weighted by Crippen LogP contribution is 2.35. The highest BCUT2D eigenvalue weighted by Gasteiger charge is 2.23. The van der Waals surface area contributed by atoms with E-state index in [-0.39, 0.29) is 5.25 Å². The van der Waals surface area contributed by atoms with Crippen molar-refractivity contribution < 1.29 is 4.52 Å². The predicted molar refractivity (Wildman–Crippen MR) is 96.2 cm³/mol. The zero-order chi connectivity index (χ0) is 17.2.